The van der Waals surface area contributed by atoms with Gasteiger partial charge in [-0.25, -0.2) is 0 Å². The molecule has 0 unspecified atom stereocenters. The fourth-order valence-corrected chi connectivity index (χ4v) is 2.80. The number of fused-ring (bicyclic) bond motifs is 1. The molecule has 0 saturated heterocycles. The van der Waals surface area contributed by atoms with E-state index >= 15 is 0 Å². The minimum absolute atomic E-state index is 0.414. The molecule has 4 nitrogen and oxygen atoms in total. The van der Waals surface area contributed by atoms with Crippen LogP contribution in [0, 0.1) is 0 Å². The van der Waals surface area contributed by atoms with Crippen LogP contribution < -0.4 is 10.6 Å². The number of aryl methyl sites for hydroxylation is 1. The van der Waals surface area contributed by atoms with Gasteiger partial charge in [-0.15, -0.1) is 0 Å². The predicted octanol–water partition coefficient (Wildman–Crippen LogP) is 3.00. The van der Waals surface area contributed by atoms with Gasteiger partial charge in [-0.3, -0.25) is 4.68 Å². The van der Waals surface area contributed by atoms with Gasteiger partial charge in [0.2, 0.25) is 0 Å². The monoisotopic (exact) mass is 270 g/mol. The Morgan fingerprint density at radius 1 is 1.30 bits per heavy atom. The van der Waals surface area contributed by atoms with Crippen molar-refractivity contribution in [2.24, 2.45) is 0 Å². The first-order valence-electron chi connectivity index (χ1n) is 7.31. The van der Waals surface area contributed by atoms with Crippen molar-refractivity contribution in [3.8, 4) is 0 Å². The van der Waals surface area contributed by atoms with Crippen molar-refractivity contribution in [3.63, 3.8) is 0 Å². The standard InChI is InChI=1S/C16H22N4/c1-12(2)20-9-7-15(18-20)11-19-8-3-4-13-10-14(17)5-6-16(13)19/h5-7,9-10,12H,3-4,8,11,17H2,1-2H3. The lowest BCUT2D eigenvalue weighted by molar-refractivity contribution is 0.524. The number of nitrogen functional groups attached to an aromatic ring is 1. The Kier molecular flexibility index (Phi) is 3.38. The maximum Gasteiger partial charge on any atom is 0.0817 e. The zero-order valence-corrected chi connectivity index (χ0v) is 12.2. The van der Waals surface area contributed by atoms with E-state index in [1.165, 1.54) is 17.7 Å². The van der Waals surface area contributed by atoms with Gasteiger partial charge < -0.3 is 10.6 Å². The number of nitrogens with zero attached hydrogens (tertiary/aromatic N) is 3. The Bertz CT molecular complexity index is 600. The van der Waals surface area contributed by atoms with Gasteiger partial charge in [0.15, 0.2) is 0 Å². The predicted molar refractivity (Wildman–Crippen MR) is 82.8 cm³/mol. The normalized spacial score (nSPS) is 14.7. The van der Waals surface area contributed by atoms with Crippen LogP contribution in [0.15, 0.2) is 30.5 Å². The van der Waals surface area contributed by atoms with Crippen LogP contribution in [-0.2, 0) is 13.0 Å². The third kappa shape index (κ3) is 2.50. The Hall–Kier alpha value is -1.97. The maximum atomic E-state index is 5.88. The number of hydrogen-bond acceptors (Lipinski definition) is 3. The number of benzene rings is 1. The molecule has 1 aromatic carbocycles. The summed E-state index contributed by atoms with van der Waals surface area (Å²) in [6.07, 6.45) is 4.37. The van der Waals surface area contributed by atoms with E-state index in [2.05, 4.69) is 48.2 Å². The van der Waals surface area contributed by atoms with Crippen LogP contribution in [0.4, 0.5) is 11.4 Å². The van der Waals surface area contributed by atoms with Crippen molar-refractivity contribution in [2.75, 3.05) is 17.2 Å². The molecule has 20 heavy (non-hydrogen) atoms. The topological polar surface area (TPSA) is 47.1 Å². The fourth-order valence-electron chi connectivity index (χ4n) is 2.80. The minimum Gasteiger partial charge on any atom is -0.399 e. The Labute approximate surface area is 120 Å². The molecule has 0 radical (unpaired) electrons. The molecule has 0 spiro atoms. The highest BCUT2D eigenvalue weighted by molar-refractivity contribution is 5.61. The largest absolute Gasteiger partial charge is 0.399 e. The van der Waals surface area contributed by atoms with Crippen LogP contribution >= 0.6 is 0 Å². The molecule has 0 bridgehead atoms. The SMILES string of the molecule is CC(C)n1ccc(CN2CCCc3cc(N)ccc32)n1. The summed E-state index contributed by atoms with van der Waals surface area (Å²) >= 11 is 0. The second kappa shape index (κ2) is 5.19. The molecule has 0 amide bonds. The van der Waals surface area contributed by atoms with E-state index in [-0.39, 0.29) is 0 Å². The molecule has 4 heteroatoms. The molecule has 2 N–H and O–H groups in total. The molecule has 1 aliphatic heterocycles. The van der Waals surface area contributed by atoms with E-state index in [1.54, 1.807) is 0 Å². The van der Waals surface area contributed by atoms with Crippen molar-refractivity contribution in [1.29, 1.82) is 0 Å². The highest BCUT2D eigenvalue weighted by Gasteiger charge is 2.18. The molecule has 106 valence electrons. The molecule has 1 aliphatic rings. The summed E-state index contributed by atoms with van der Waals surface area (Å²) in [4.78, 5) is 2.41. The molecule has 0 fully saturated rings. The van der Waals surface area contributed by atoms with E-state index in [0.29, 0.717) is 6.04 Å². The highest BCUT2D eigenvalue weighted by atomic mass is 15.3. The van der Waals surface area contributed by atoms with E-state index in [4.69, 9.17) is 5.73 Å². The lowest BCUT2D eigenvalue weighted by Crippen LogP contribution is -2.29. The minimum atomic E-state index is 0.414. The zero-order chi connectivity index (χ0) is 14.1. The van der Waals surface area contributed by atoms with Gasteiger partial charge in [0.25, 0.3) is 0 Å². The lowest BCUT2D eigenvalue weighted by Gasteiger charge is -2.31. The molecule has 3 rings (SSSR count). The number of aromatic nitrogens is 2. The summed E-state index contributed by atoms with van der Waals surface area (Å²) in [5.74, 6) is 0. The van der Waals surface area contributed by atoms with E-state index in [9.17, 15) is 0 Å². The summed E-state index contributed by atoms with van der Waals surface area (Å²) in [6, 6.07) is 8.77. The van der Waals surface area contributed by atoms with Crippen LogP contribution in [0.2, 0.25) is 0 Å². The number of nitrogens with two attached hydrogens (primary N) is 1. The van der Waals surface area contributed by atoms with Crippen molar-refractivity contribution in [2.45, 2.75) is 39.3 Å². The highest BCUT2D eigenvalue weighted by Crippen LogP contribution is 2.29. The second-order valence-electron chi connectivity index (χ2n) is 5.79. The van der Waals surface area contributed by atoms with Gasteiger partial charge in [0, 0.05) is 30.2 Å². The molecular formula is C16H22N4. The van der Waals surface area contributed by atoms with Crippen LogP contribution in [-0.4, -0.2) is 16.3 Å². The molecule has 0 saturated carbocycles. The molecule has 1 aromatic heterocycles. The smallest absolute Gasteiger partial charge is 0.0817 e. The van der Waals surface area contributed by atoms with Crippen molar-refractivity contribution >= 4 is 11.4 Å². The molecule has 2 heterocycles. The third-order valence-electron chi connectivity index (χ3n) is 3.86. The summed E-state index contributed by atoms with van der Waals surface area (Å²) in [7, 11) is 0. The number of anilines is 2. The lowest BCUT2D eigenvalue weighted by atomic mass is 10.0. The fraction of sp³-hybridized carbons (Fsp3) is 0.438. The van der Waals surface area contributed by atoms with E-state index in [1.807, 2.05) is 10.7 Å². The van der Waals surface area contributed by atoms with Crippen LogP contribution in [0.3, 0.4) is 0 Å². The van der Waals surface area contributed by atoms with Gasteiger partial charge in [0.05, 0.1) is 12.2 Å². The summed E-state index contributed by atoms with van der Waals surface area (Å²) in [6.45, 7) is 6.26. The zero-order valence-electron chi connectivity index (χ0n) is 12.2. The number of hydrogen-bond donors (Lipinski definition) is 1. The third-order valence-corrected chi connectivity index (χ3v) is 3.86. The molecule has 2 aromatic rings. The van der Waals surface area contributed by atoms with E-state index < -0.39 is 0 Å². The van der Waals surface area contributed by atoms with Crippen molar-refractivity contribution < 1.29 is 0 Å². The summed E-state index contributed by atoms with van der Waals surface area (Å²) in [5.41, 5.74) is 10.5. The first kappa shape index (κ1) is 13.0. The average Bonchev–Trinajstić information content (AvgIpc) is 2.87. The van der Waals surface area contributed by atoms with Gasteiger partial charge >= 0.3 is 0 Å². The Morgan fingerprint density at radius 3 is 2.90 bits per heavy atom. The molecular weight excluding hydrogens is 248 g/mol. The van der Waals surface area contributed by atoms with Crippen LogP contribution in [0.1, 0.15) is 37.6 Å². The second-order valence-corrected chi connectivity index (χ2v) is 5.79. The number of rotatable bonds is 3. The van der Waals surface area contributed by atoms with E-state index in [0.717, 1.165) is 30.9 Å². The van der Waals surface area contributed by atoms with Gasteiger partial charge in [-0.1, -0.05) is 0 Å². The quantitative estimate of drug-likeness (QED) is 0.872. The van der Waals surface area contributed by atoms with Gasteiger partial charge in [-0.05, 0) is 56.5 Å². The maximum absolute atomic E-state index is 5.88. The Balaban J connectivity index is 1.82. The van der Waals surface area contributed by atoms with Gasteiger partial charge in [-0.2, -0.15) is 5.10 Å². The van der Waals surface area contributed by atoms with Crippen molar-refractivity contribution in [3.05, 3.63) is 41.7 Å². The van der Waals surface area contributed by atoms with Crippen LogP contribution in [0.5, 0.6) is 0 Å². The van der Waals surface area contributed by atoms with Crippen LogP contribution in [0.25, 0.3) is 0 Å². The average molecular weight is 270 g/mol. The summed E-state index contributed by atoms with van der Waals surface area (Å²) < 4.78 is 2.02. The van der Waals surface area contributed by atoms with Crippen molar-refractivity contribution in [1.82, 2.24) is 9.78 Å². The Morgan fingerprint density at radius 2 is 2.15 bits per heavy atom. The first-order valence-corrected chi connectivity index (χ1v) is 7.31. The molecule has 0 aliphatic carbocycles. The molecule has 0 atom stereocenters. The van der Waals surface area contributed by atoms with Gasteiger partial charge in [0.1, 0.15) is 0 Å². The summed E-state index contributed by atoms with van der Waals surface area (Å²) in [5, 5.41) is 4.64. The first-order chi connectivity index (χ1) is 9.63.